The zero-order chi connectivity index (χ0) is 13.4. The highest BCUT2D eigenvalue weighted by atomic mass is 19.4. The molecule has 7 heteroatoms. The summed E-state index contributed by atoms with van der Waals surface area (Å²) in [5, 5.41) is 8.79. The topological polar surface area (TPSA) is 63.1 Å². The number of carboxylic acid groups (broad SMARTS) is 1. The van der Waals surface area contributed by atoms with Crippen LogP contribution in [0.1, 0.15) is 30.7 Å². The van der Waals surface area contributed by atoms with Crippen LogP contribution >= 0.6 is 0 Å². The van der Waals surface area contributed by atoms with Gasteiger partial charge in [-0.15, -0.1) is 0 Å². The summed E-state index contributed by atoms with van der Waals surface area (Å²) in [6.45, 7) is 0. The van der Waals surface area contributed by atoms with Crippen LogP contribution in [-0.2, 0) is 4.79 Å². The third-order valence-corrected chi connectivity index (χ3v) is 3.38. The van der Waals surface area contributed by atoms with Gasteiger partial charge in [-0.2, -0.15) is 13.2 Å². The fourth-order valence-corrected chi connectivity index (χ4v) is 2.26. The van der Waals surface area contributed by atoms with Gasteiger partial charge in [0.15, 0.2) is 0 Å². The molecule has 98 valence electrons. The molecule has 4 nitrogen and oxygen atoms in total. The van der Waals surface area contributed by atoms with Crippen LogP contribution in [0, 0.1) is 5.41 Å². The van der Waals surface area contributed by atoms with Crippen molar-refractivity contribution in [1.29, 1.82) is 0 Å². The largest absolute Gasteiger partial charge is 0.481 e. The Labute approximate surface area is 101 Å². The van der Waals surface area contributed by atoms with Gasteiger partial charge in [0.05, 0.1) is 11.8 Å². The van der Waals surface area contributed by atoms with Gasteiger partial charge in [0.25, 0.3) is 0 Å². The molecule has 1 unspecified atom stereocenters. The minimum Gasteiger partial charge on any atom is -0.481 e. The lowest BCUT2D eigenvalue weighted by atomic mass is 9.81. The first-order valence-corrected chi connectivity index (χ1v) is 5.40. The third-order valence-electron chi connectivity index (χ3n) is 3.38. The Morgan fingerprint density at radius 2 is 1.94 bits per heavy atom. The summed E-state index contributed by atoms with van der Waals surface area (Å²) < 4.78 is 39.1. The first-order valence-electron chi connectivity index (χ1n) is 5.40. The molecule has 0 amide bonds. The summed E-state index contributed by atoms with van der Waals surface area (Å²) in [6.07, 6.45) is -1.32. The first kappa shape index (κ1) is 12.8. The van der Waals surface area contributed by atoms with E-state index in [9.17, 15) is 18.0 Å². The molecule has 1 aromatic heterocycles. The van der Waals surface area contributed by atoms with Gasteiger partial charge >= 0.3 is 12.1 Å². The van der Waals surface area contributed by atoms with Gasteiger partial charge < -0.3 is 5.11 Å². The number of rotatable bonds is 4. The van der Waals surface area contributed by atoms with Crippen LogP contribution < -0.4 is 0 Å². The highest BCUT2D eigenvalue weighted by Crippen LogP contribution is 2.65. The van der Waals surface area contributed by atoms with Crippen LogP contribution in [-0.4, -0.2) is 27.2 Å². The van der Waals surface area contributed by atoms with Crippen molar-refractivity contribution < 1.29 is 23.1 Å². The van der Waals surface area contributed by atoms with Crippen molar-refractivity contribution in [2.24, 2.45) is 5.41 Å². The van der Waals surface area contributed by atoms with Crippen LogP contribution in [0.25, 0.3) is 0 Å². The molecule has 0 bridgehead atoms. The van der Waals surface area contributed by atoms with Gasteiger partial charge in [-0.3, -0.25) is 4.79 Å². The zero-order valence-electron chi connectivity index (χ0n) is 9.31. The third kappa shape index (κ3) is 2.16. The molecule has 1 heterocycles. The van der Waals surface area contributed by atoms with Gasteiger partial charge in [0, 0.05) is 18.3 Å². The van der Waals surface area contributed by atoms with Crippen molar-refractivity contribution in [3.05, 3.63) is 24.3 Å². The van der Waals surface area contributed by atoms with E-state index in [0.29, 0.717) is 0 Å². The first-order chi connectivity index (χ1) is 8.37. The van der Waals surface area contributed by atoms with Gasteiger partial charge in [0.2, 0.25) is 0 Å². The van der Waals surface area contributed by atoms with Crippen molar-refractivity contribution in [2.45, 2.75) is 31.4 Å². The number of hydrogen-bond donors (Lipinski definition) is 1. The quantitative estimate of drug-likeness (QED) is 0.902. The fraction of sp³-hybridized carbons (Fsp3) is 0.545. The van der Waals surface area contributed by atoms with Gasteiger partial charge in [-0.1, -0.05) is 0 Å². The number of aromatic nitrogens is 2. The molecule has 0 aliphatic heterocycles. The van der Waals surface area contributed by atoms with E-state index >= 15 is 0 Å². The normalized spacial score (nSPS) is 19.3. The van der Waals surface area contributed by atoms with Crippen molar-refractivity contribution >= 4 is 5.97 Å². The molecule has 1 N–H and O–H groups in total. The van der Waals surface area contributed by atoms with Crippen LogP contribution in [0.5, 0.6) is 0 Å². The zero-order valence-corrected chi connectivity index (χ0v) is 9.31. The minimum absolute atomic E-state index is 0.0384. The Hall–Kier alpha value is -1.66. The van der Waals surface area contributed by atoms with E-state index in [4.69, 9.17) is 5.11 Å². The van der Waals surface area contributed by atoms with E-state index in [1.807, 2.05) is 0 Å². The standard InChI is InChI=1S/C11H11F3N2O2/c12-11(13,14)10(1-2-10)8(3-9(17)18)7-4-15-6-16-5-7/h4-6,8H,1-3H2,(H,17,18). The van der Waals surface area contributed by atoms with Crippen molar-refractivity contribution in [3.8, 4) is 0 Å². The average Bonchev–Trinajstić information content (AvgIpc) is 3.07. The molecular weight excluding hydrogens is 249 g/mol. The van der Waals surface area contributed by atoms with Gasteiger partial charge in [-0.05, 0) is 18.4 Å². The van der Waals surface area contributed by atoms with Gasteiger partial charge in [-0.25, -0.2) is 9.97 Å². The Morgan fingerprint density at radius 3 is 2.33 bits per heavy atom. The highest BCUT2D eigenvalue weighted by Gasteiger charge is 2.67. The number of aliphatic carboxylic acids is 1. The summed E-state index contributed by atoms with van der Waals surface area (Å²) in [5.74, 6) is -2.37. The summed E-state index contributed by atoms with van der Waals surface area (Å²) in [5.41, 5.74) is -1.69. The number of hydrogen-bond acceptors (Lipinski definition) is 3. The molecule has 2 rings (SSSR count). The predicted octanol–water partition coefficient (Wildman–Crippen LogP) is 2.38. The molecule has 1 fully saturated rings. The second-order valence-corrected chi connectivity index (χ2v) is 4.48. The Kier molecular flexibility index (Phi) is 3.00. The molecule has 1 aliphatic carbocycles. The van der Waals surface area contributed by atoms with Gasteiger partial charge in [0.1, 0.15) is 6.33 Å². The number of carbonyl (C=O) groups is 1. The van der Waals surface area contributed by atoms with E-state index in [1.54, 1.807) is 0 Å². The average molecular weight is 260 g/mol. The number of nitrogens with zero attached hydrogens (tertiary/aromatic N) is 2. The number of carboxylic acids is 1. The van der Waals surface area contributed by atoms with E-state index in [0.717, 1.165) is 0 Å². The van der Waals surface area contributed by atoms with Crippen LogP contribution in [0.3, 0.4) is 0 Å². The van der Waals surface area contributed by atoms with E-state index < -0.39 is 29.9 Å². The smallest absolute Gasteiger partial charge is 0.395 e. The Balaban J connectivity index is 2.36. The highest BCUT2D eigenvalue weighted by molar-refractivity contribution is 5.68. The van der Waals surface area contributed by atoms with E-state index in [1.165, 1.54) is 18.7 Å². The number of alkyl halides is 3. The number of halogens is 3. The maximum atomic E-state index is 13.0. The van der Waals surface area contributed by atoms with Crippen LogP contribution in [0.4, 0.5) is 13.2 Å². The SMILES string of the molecule is O=C(O)CC(c1cncnc1)C1(C(F)(F)F)CC1. The monoisotopic (exact) mass is 260 g/mol. The lowest BCUT2D eigenvalue weighted by molar-refractivity contribution is -0.195. The summed E-state index contributed by atoms with van der Waals surface area (Å²) in [7, 11) is 0. The van der Waals surface area contributed by atoms with E-state index in [2.05, 4.69) is 9.97 Å². The Bertz CT molecular complexity index is 443. The molecule has 0 radical (unpaired) electrons. The molecule has 0 spiro atoms. The predicted molar refractivity (Wildman–Crippen MR) is 54.7 cm³/mol. The summed E-state index contributed by atoms with van der Waals surface area (Å²) in [4.78, 5) is 18.1. The minimum atomic E-state index is -4.40. The molecule has 0 saturated heterocycles. The second kappa shape index (κ2) is 4.22. The molecule has 1 aromatic rings. The Morgan fingerprint density at radius 1 is 1.39 bits per heavy atom. The molecule has 0 aromatic carbocycles. The molecule has 1 saturated carbocycles. The maximum Gasteiger partial charge on any atom is 0.395 e. The second-order valence-electron chi connectivity index (χ2n) is 4.48. The molecule has 1 atom stereocenters. The van der Waals surface area contributed by atoms with Crippen molar-refractivity contribution in [2.75, 3.05) is 0 Å². The van der Waals surface area contributed by atoms with Crippen LogP contribution in [0.2, 0.25) is 0 Å². The summed E-state index contributed by atoms with van der Waals surface area (Å²) >= 11 is 0. The van der Waals surface area contributed by atoms with Crippen molar-refractivity contribution in [3.63, 3.8) is 0 Å². The maximum absolute atomic E-state index is 13.0. The molecule has 1 aliphatic rings. The molecule has 18 heavy (non-hydrogen) atoms. The van der Waals surface area contributed by atoms with Crippen molar-refractivity contribution in [1.82, 2.24) is 9.97 Å². The van der Waals surface area contributed by atoms with E-state index in [-0.39, 0.29) is 18.4 Å². The lowest BCUT2D eigenvalue weighted by Crippen LogP contribution is -2.32. The summed E-state index contributed by atoms with van der Waals surface area (Å²) in [6, 6.07) is 0. The lowest BCUT2D eigenvalue weighted by Gasteiger charge is -2.27. The molecular formula is C11H11F3N2O2. The van der Waals surface area contributed by atoms with Crippen LogP contribution in [0.15, 0.2) is 18.7 Å². The fourth-order valence-electron chi connectivity index (χ4n) is 2.26.